The molecule has 0 unspecified atom stereocenters. The second kappa shape index (κ2) is 11.0. The van der Waals surface area contributed by atoms with Crippen LogP contribution in [0.3, 0.4) is 0 Å². The summed E-state index contributed by atoms with van der Waals surface area (Å²) in [6, 6.07) is 20.9. The van der Waals surface area contributed by atoms with Crippen molar-refractivity contribution in [1.29, 1.82) is 0 Å². The molecule has 206 valence electrons. The molecule has 1 aliphatic rings. The Morgan fingerprint density at radius 1 is 1.10 bits per heavy atom. The third kappa shape index (κ3) is 4.83. The number of carbonyl (C=O) groups is 1. The van der Waals surface area contributed by atoms with Gasteiger partial charge in [0.1, 0.15) is 11.9 Å². The smallest absolute Gasteiger partial charge is 0.338 e. The minimum absolute atomic E-state index is 0.187. The van der Waals surface area contributed by atoms with E-state index in [9.17, 15) is 14.0 Å². The molecule has 3 heterocycles. The largest absolute Gasteiger partial charge is 0.463 e. The van der Waals surface area contributed by atoms with Gasteiger partial charge in [0.2, 0.25) is 0 Å². The molecule has 6 rings (SSSR count). The summed E-state index contributed by atoms with van der Waals surface area (Å²) >= 11 is 7.84. The van der Waals surface area contributed by atoms with Gasteiger partial charge in [-0.3, -0.25) is 9.36 Å². The molecule has 0 fully saturated rings. The number of benzene rings is 3. The van der Waals surface area contributed by atoms with E-state index >= 15 is 0 Å². The first-order valence-corrected chi connectivity index (χ1v) is 14.3. The number of ether oxygens (including phenoxy) is 1. The Labute approximate surface area is 243 Å². The van der Waals surface area contributed by atoms with Gasteiger partial charge in [0.15, 0.2) is 4.80 Å². The van der Waals surface area contributed by atoms with Crippen molar-refractivity contribution in [2.24, 2.45) is 4.99 Å². The molecule has 0 saturated carbocycles. The number of aromatic nitrogens is 2. The molecular weight excluding hydrogens is 561 g/mol. The van der Waals surface area contributed by atoms with E-state index in [4.69, 9.17) is 16.3 Å². The van der Waals surface area contributed by atoms with Crippen LogP contribution in [-0.2, 0) is 16.1 Å². The Balaban J connectivity index is 1.53. The van der Waals surface area contributed by atoms with Gasteiger partial charge in [-0.2, -0.15) is 0 Å². The molecule has 0 aliphatic carbocycles. The van der Waals surface area contributed by atoms with E-state index in [1.54, 1.807) is 44.2 Å². The van der Waals surface area contributed by atoms with Crippen LogP contribution in [0.5, 0.6) is 0 Å². The molecule has 0 saturated heterocycles. The van der Waals surface area contributed by atoms with Crippen molar-refractivity contribution >= 4 is 45.9 Å². The maximum atomic E-state index is 14.5. The van der Waals surface area contributed by atoms with Gasteiger partial charge in [-0.1, -0.05) is 77.5 Å². The standard InChI is InChI=1S/C32H25ClFN3O3S/c1-3-40-31(39)28-19(2)35-32-37(29(28)23-12-5-7-13-24(23)33)30(38)27(41-32)16-21-18-36(26-15-9-6-11-22(21)26)17-20-10-4-8-14-25(20)34/h4-16,18,29H,3,17H2,1-2H3/b27-16-/t29-/m1/s1. The predicted molar refractivity (Wildman–Crippen MR) is 159 cm³/mol. The quantitative estimate of drug-likeness (QED) is 0.244. The Hall–Kier alpha value is -4.27. The maximum Gasteiger partial charge on any atom is 0.338 e. The summed E-state index contributed by atoms with van der Waals surface area (Å²) in [5.74, 6) is -0.809. The normalized spacial score (nSPS) is 15.2. The van der Waals surface area contributed by atoms with Crippen LogP contribution in [0.2, 0.25) is 5.02 Å². The van der Waals surface area contributed by atoms with Crippen LogP contribution >= 0.6 is 22.9 Å². The summed E-state index contributed by atoms with van der Waals surface area (Å²) in [4.78, 5) is 32.3. The van der Waals surface area contributed by atoms with Crippen molar-refractivity contribution in [3.05, 3.63) is 137 Å². The fourth-order valence-corrected chi connectivity index (χ4v) is 6.53. The van der Waals surface area contributed by atoms with Crippen LogP contribution in [-0.4, -0.2) is 21.7 Å². The summed E-state index contributed by atoms with van der Waals surface area (Å²) in [5, 5.41) is 1.36. The Bertz CT molecular complexity index is 2040. The fraction of sp³-hybridized carbons (Fsp3) is 0.156. The molecule has 1 aliphatic heterocycles. The van der Waals surface area contributed by atoms with Gasteiger partial charge in [0, 0.05) is 33.2 Å². The molecule has 5 aromatic rings. The van der Waals surface area contributed by atoms with E-state index < -0.39 is 12.0 Å². The van der Waals surface area contributed by atoms with E-state index in [1.807, 2.05) is 53.2 Å². The molecule has 3 aromatic carbocycles. The number of rotatable bonds is 6. The SMILES string of the molecule is CCOC(=O)C1=C(C)N=c2s/c(=C\c3cn(Cc4ccccc4F)c4ccccc34)c(=O)n2[C@@H]1c1ccccc1Cl. The minimum atomic E-state index is -0.788. The van der Waals surface area contributed by atoms with Crippen molar-refractivity contribution in [2.45, 2.75) is 26.4 Å². The van der Waals surface area contributed by atoms with Crippen molar-refractivity contribution < 1.29 is 13.9 Å². The van der Waals surface area contributed by atoms with Gasteiger partial charge in [-0.15, -0.1) is 0 Å². The third-order valence-electron chi connectivity index (χ3n) is 7.12. The number of hydrogen-bond donors (Lipinski definition) is 0. The zero-order valence-corrected chi connectivity index (χ0v) is 23.9. The van der Waals surface area contributed by atoms with Crippen LogP contribution in [0.15, 0.2) is 100 Å². The van der Waals surface area contributed by atoms with Crippen molar-refractivity contribution in [1.82, 2.24) is 9.13 Å². The molecule has 9 heteroatoms. The molecular formula is C32H25ClFN3O3S. The van der Waals surface area contributed by atoms with Crippen LogP contribution in [0, 0.1) is 5.82 Å². The topological polar surface area (TPSA) is 65.6 Å². The Morgan fingerprint density at radius 3 is 2.61 bits per heavy atom. The number of fused-ring (bicyclic) bond motifs is 2. The zero-order valence-electron chi connectivity index (χ0n) is 22.3. The molecule has 0 amide bonds. The second-order valence-corrected chi connectivity index (χ2v) is 11.1. The molecule has 0 spiro atoms. The van der Waals surface area contributed by atoms with Gasteiger partial charge in [-0.25, -0.2) is 14.2 Å². The fourth-order valence-electron chi connectivity index (χ4n) is 5.26. The highest BCUT2D eigenvalue weighted by Crippen LogP contribution is 2.34. The summed E-state index contributed by atoms with van der Waals surface area (Å²) in [6.07, 6.45) is 3.76. The highest BCUT2D eigenvalue weighted by molar-refractivity contribution is 7.07. The number of allylic oxidation sites excluding steroid dienone is 1. The lowest BCUT2D eigenvalue weighted by Crippen LogP contribution is -2.40. The summed E-state index contributed by atoms with van der Waals surface area (Å²) in [7, 11) is 0. The Kier molecular flexibility index (Phi) is 7.19. The van der Waals surface area contributed by atoms with Gasteiger partial charge >= 0.3 is 5.97 Å². The van der Waals surface area contributed by atoms with Crippen LogP contribution in [0.4, 0.5) is 4.39 Å². The van der Waals surface area contributed by atoms with Gasteiger partial charge in [-0.05, 0) is 43.7 Å². The lowest BCUT2D eigenvalue weighted by molar-refractivity contribution is -0.139. The van der Waals surface area contributed by atoms with Gasteiger partial charge in [0.25, 0.3) is 5.56 Å². The molecule has 0 radical (unpaired) electrons. The average Bonchev–Trinajstić information content (AvgIpc) is 3.46. The monoisotopic (exact) mass is 585 g/mol. The van der Waals surface area contributed by atoms with Crippen LogP contribution < -0.4 is 14.9 Å². The number of nitrogens with zero attached hydrogens (tertiary/aromatic N) is 3. The first kappa shape index (κ1) is 26.9. The second-order valence-electron chi connectivity index (χ2n) is 9.64. The number of halogens is 2. The lowest BCUT2D eigenvalue weighted by atomic mass is 9.96. The van der Waals surface area contributed by atoms with Crippen molar-refractivity contribution in [2.75, 3.05) is 6.61 Å². The van der Waals surface area contributed by atoms with E-state index in [0.717, 1.165) is 16.5 Å². The maximum absolute atomic E-state index is 14.5. The average molecular weight is 586 g/mol. The molecule has 1 atom stereocenters. The van der Waals surface area contributed by atoms with E-state index in [1.165, 1.54) is 22.0 Å². The first-order chi connectivity index (χ1) is 19.9. The van der Waals surface area contributed by atoms with Crippen molar-refractivity contribution in [3.8, 4) is 0 Å². The summed E-state index contributed by atoms with van der Waals surface area (Å²) in [5.41, 5.74) is 3.38. The number of para-hydroxylation sites is 1. The number of carbonyl (C=O) groups excluding carboxylic acids is 1. The molecule has 2 aromatic heterocycles. The van der Waals surface area contributed by atoms with Gasteiger partial charge < -0.3 is 9.30 Å². The van der Waals surface area contributed by atoms with E-state index in [2.05, 4.69) is 4.99 Å². The molecule has 0 bridgehead atoms. The van der Waals surface area contributed by atoms with E-state index in [0.29, 0.717) is 37.7 Å². The van der Waals surface area contributed by atoms with Crippen LogP contribution in [0.1, 0.15) is 36.6 Å². The lowest BCUT2D eigenvalue weighted by Gasteiger charge is -2.25. The number of hydrogen-bond acceptors (Lipinski definition) is 5. The summed E-state index contributed by atoms with van der Waals surface area (Å²) < 4.78 is 23.8. The van der Waals surface area contributed by atoms with Crippen molar-refractivity contribution in [3.63, 3.8) is 0 Å². The minimum Gasteiger partial charge on any atom is -0.463 e. The molecule has 0 N–H and O–H groups in total. The number of esters is 1. The highest BCUT2D eigenvalue weighted by atomic mass is 35.5. The van der Waals surface area contributed by atoms with Gasteiger partial charge in [0.05, 0.1) is 29.0 Å². The predicted octanol–water partition coefficient (Wildman–Crippen LogP) is 5.59. The molecule has 41 heavy (non-hydrogen) atoms. The first-order valence-electron chi connectivity index (χ1n) is 13.1. The highest BCUT2D eigenvalue weighted by Gasteiger charge is 2.34. The molecule has 6 nitrogen and oxygen atoms in total. The van der Waals surface area contributed by atoms with Crippen LogP contribution in [0.25, 0.3) is 17.0 Å². The number of thiazole rings is 1. The van der Waals surface area contributed by atoms with E-state index in [-0.39, 0.29) is 23.6 Å². The zero-order chi connectivity index (χ0) is 28.7. The third-order valence-corrected chi connectivity index (χ3v) is 8.45. The Morgan fingerprint density at radius 2 is 1.83 bits per heavy atom. The summed E-state index contributed by atoms with van der Waals surface area (Å²) in [6.45, 7) is 4.00.